The highest BCUT2D eigenvalue weighted by Gasteiger charge is 2.30. The first kappa shape index (κ1) is 27.6. The number of carbonyl (C=O) groups is 1. The molecule has 1 unspecified atom stereocenters. The predicted octanol–water partition coefficient (Wildman–Crippen LogP) is 3.11. The van der Waals surface area contributed by atoms with Crippen molar-refractivity contribution in [2.75, 3.05) is 34.4 Å². The zero-order valence-corrected chi connectivity index (χ0v) is 20.6. The first-order chi connectivity index (χ1) is 16.7. The number of nitrogens with zero attached hydrogens (tertiary/aromatic N) is 1. The normalized spacial score (nSPS) is 12.0. The first-order valence-electron chi connectivity index (χ1n) is 10.8. The molecule has 35 heavy (non-hydrogen) atoms. The second-order valence-corrected chi connectivity index (χ2v) is 7.80. The minimum atomic E-state index is -1.52. The van der Waals surface area contributed by atoms with Crippen LogP contribution in [-0.4, -0.2) is 50.9 Å². The van der Waals surface area contributed by atoms with Crippen molar-refractivity contribution in [3.05, 3.63) is 71.2 Å². The van der Waals surface area contributed by atoms with Crippen molar-refractivity contribution < 1.29 is 28.5 Å². The van der Waals surface area contributed by atoms with Crippen LogP contribution in [0.5, 0.6) is 17.2 Å². The van der Waals surface area contributed by atoms with E-state index in [1.54, 1.807) is 45.4 Å². The van der Waals surface area contributed by atoms with E-state index in [4.69, 9.17) is 19.9 Å². The average Bonchev–Trinajstić information content (AvgIpc) is 2.88. The predicted molar refractivity (Wildman–Crippen MR) is 132 cm³/mol. The molecule has 0 spiro atoms. The number of aryl methyl sites for hydroxylation is 2. The fraction of sp³-hybridized carbons (Fsp3) is 0.308. The number of pyridine rings is 1. The molecule has 8 nitrogen and oxygen atoms in total. The number of aliphatic hydroxyl groups is 1. The van der Waals surface area contributed by atoms with Crippen LogP contribution in [0.1, 0.15) is 16.8 Å². The number of hydrogen-bond acceptors (Lipinski definition) is 7. The molecular weight excluding hydrogens is 453 g/mol. The maximum absolute atomic E-state index is 13.5. The van der Waals surface area contributed by atoms with Gasteiger partial charge in [0.25, 0.3) is 0 Å². The number of methoxy groups -OCH3 is 3. The Kier molecular flexibility index (Phi) is 9.98. The molecule has 0 saturated carbocycles. The van der Waals surface area contributed by atoms with E-state index in [0.717, 1.165) is 11.5 Å². The van der Waals surface area contributed by atoms with Crippen LogP contribution in [0.4, 0.5) is 4.39 Å². The zero-order chi connectivity index (χ0) is 26.0. The van der Waals surface area contributed by atoms with Crippen LogP contribution < -0.4 is 25.3 Å². The second kappa shape index (κ2) is 12.7. The van der Waals surface area contributed by atoms with E-state index in [1.165, 1.54) is 18.7 Å². The number of aromatic nitrogens is 1. The molecule has 0 radical (unpaired) electrons. The second-order valence-electron chi connectivity index (χ2n) is 7.80. The zero-order valence-electron chi connectivity index (χ0n) is 20.6. The van der Waals surface area contributed by atoms with Crippen molar-refractivity contribution in [2.24, 2.45) is 5.73 Å². The van der Waals surface area contributed by atoms with E-state index in [1.807, 2.05) is 25.1 Å². The molecule has 0 fully saturated rings. The van der Waals surface area contributed by atoms with Crippen molar-refractivity contribution in [1.82, 2.24) is 10.3 Å². The molecule has 188 valence electrons. The minimum Gasteiger partial charge on any atom is -0.494 e. The van der Waals surface area contributed by atoms with Crippen molar-refractivity contribution in [3.63, 3.8) is 0 Å². The standard InChI is InChI=1S/C17H20FN3O3.C9H12O2/c1-11-7-12(3-4-13(11)18)16-14(24-2)5-6-15(21-16)17(23,8-19)9-20-10-22;1-7-4-5-8(10-2)9(6-7)11-3/h3-7,10,23H,8-9,19H2,1-2H3,(H,20,22);4-6H,1-3H3. The number of nitrogens with two attached hydrogens (primary N) is 1. The van der Waals surface area contributed by atoms with E-state index in [0.29, 0.717) is 29.0 Å². The molecule has 0 aliphatic carbocycles. The summed E-state index contributed by atoms with van der Waals surface area (Å²) in [7, 11) is 4.77. The summed E-state index contributed by atoms with van der Waals surface area (Å²) >= 11 is 0. The van der Waals surface area contributed by atoms with Crippen LogP contribution in [0.15, 0.2) is 48.5 Å². The quantitative estimate of drug-likeness (QED) is 0.399. The van der Waals surface area contributed by atoms with Gasteiger partial charge >= 0.3 is 0 Å². The first-order valence-corrected chi connectivity index (χ1v) is 10.8. The van der Waals surface area contributed by atoms with Gasteiger partial charge in [-0.05, 0) is 67.4 Å². The minimum absolute atomic E-state index is 0.0752. The van der Waals surface area contributed by atoms with Crippen LogP contribution in [0.3, 0.4) is 0 Å². The number of halogens is 1. The average molecular weight is 486 g/mol. The largest absolute Gasteiger partial charge is 0.494 e. The van der Waals surface area contributed by atoms with Gasteiger partial charge in [0.05, 0.1) is 33.6 Å². The number of nitrogens with one attached hydrogen (secondary N) is 1. The number of benzene rings is 2. The molecule has 1 atom stereocenters. The maximum Gasteiger partial charge on any atom is 0.207 e. The highest BCUT2D eigenvalue weighted by Crippen LogP contribution is 2.32. The summed E-state index contributed by atoms with van der Waals surface area (Å²) in [5, 5.41) is 13.1. The Balaban J connectivity index is 0.000000328. The van der Waals surface area contributed by atoms with E-state index in [-0.39, 0.29) is 24.6 Å². The maximum atomic E-state index is 13.5. The molecule has 3 aromatic rings. The Hall–Kier alpha value is -3.69. The summed E-state index contributed by atoms with van der Waals surface area (Å²) in [6.45, 7) is 3.46. The van der Waals surface area contributed by atoms with Crippen LogP contribution >= 0.6 is 0 Å². The summed E-state index contributed by atoms with van der Waals surface area (Å²) in [6, 6.07) is 13.6. The van der Waals surface area contributed by atoms with E-state index < -0.39 is 5.60 Å². The number of amides is 1. The molecule has 9 heteroatoms. The SMILES string of the molecule is COc1ccc(C(O)(CN)CNC=O)nc1-c1ccc(F)c(C)c1.COc1ccc(C)cc1OC. The van der Waals surface area contributed by atoms with Gasteiger partial charge in [-0.2, -0.15) is 0 Å². The van der Waals surface area contributed by atoms with Crippen LogP contribution in [-0.2, 0) is 10.4 Å². The Morgan fingerprint density at radius 2 is 1.66 bits per heavy atom. The van der Waals surface area contributed by atoms with Crippen LogP contribution in [0, 0.1) is 19.7 Å². The monoisotopic (exact) mass is 485 g/mol. The summed E-state index contributed by atoms with van der Waals surface area (Å²) in [5.41, 5.74) is 7.17. The third-order valence-electron chi connectivity index (χ3n) is 5.34. The van der Waals surface area contributed by atoms with Gasteiger partial charge in [-0.1, -0.05) is 6.07 Å². The van der Waals surface area contributed by atoms with Gasteiger partial charge in [0, 0.05) is 12.1 Å². The van der Waals surface area contributed by atoms with E-state index in [9.17, 15) is 14.3 Å². The molecule has 1 amide bonds. The highest BCUT2D eigenvalue weighted by atomic mass is 19.1. The molecular formula is C26H32FN3O5. The Labute approximate surface area is 204 Å². The number of carbonyl (C=O) groups excluding carboxylic acids is 1. The Morgan fingerprint density at radius 3 is 2.23 bits per heavy atom. The summed E-state index contributed by atoms with van der Waals surface area (Å²) in [6.07, 6.45) is 0.481. The molecule has 0 aliphatic heterocycles. The van der Waals surface area contributed by atoms with Gasteiger partial charge < -0.3 is 30.4 Å². The molecule has 2 aromatic carbocycles. The lowest BCUT2D eigenvalue weighted by Crippen LogP contribution is -2.44. The lowest BCUT2D eigenvalue weighted by Gasteiger charge is -2.26. The van der Waals surface area contributed by atoms with E-state index >= 15 is 0 Å². The lowest BCUT2D eigenvalue weighted by molar-refractivity contribution is -0.110. The third-order valence-corrected chi connectivity index (χ3v) is 5.34. The highest BCUT2D eigenvalue weighted by molar-refractivity contribution is 5.67. The number of ether oxygens (including phenoxy) is 3. The van der Waals surface area contributed by atoms with Gasteiger partial charge in [0.2, 0.25) is 6.41 Å². The summed E-state index contributed by atoms with van der Waals surface area (Å²) in [4.78, 5) is 15.0. The molecule has 1 aromatic heterocycles. The molecule has 0 aliphatic rings. The molecule has 0 bridgehead atoms. The molecule has 3 rings (SSSR count). The molecule has 1 heterocycles. The van der Waals surface area contributed by atoms with Crippen molar-refractivity contribution in [1.29, 1.82) is 0 Å². The van der Waals surface area contributed by atoms with Crippen LogP contribution in [0.2, 0.25) is 0 Å². The van der Waals surface area contributed by atoms with Gasteiger partial charge in [0.15, 0.2) is 11.5 Å². The Bertz CT molecular complexity index is 1140. The summed E-state index contributed by atoms with van der Waals surface area (Å²) < 4.78 is 29.0. The third kappa shape index (κ3) is 6.91. The van der Waals surface area contributed by atoms with Crippen molar-refractivity contribution in [2.45, 2.75) is 19.4 Å². The van der Waals surface area contributed by atoms with Gasteiger partial charge in [-0.25, -0.2) is 9.37 Å². The smallest absolute Gasteiger partial charge is 0.207 e. The molecule has 4 N–H and O–H groups in total. The molecule has 0 saturated heterocycles. The van der Waals surface area contributed by atoms with E-state index in [2.05, 4.69) is 10.3 Å². The van der Waals surface area contributed by atoms with Crippen LogP contribution in [0.25, 0.3) is 11.3 Å². The summed E-state index contributed by atoms with van der Waals surface area (Å²) in [5.74, 6) is 1.72. The number of hydrogen-bond donors (Lipinski definition) is 3. The van der Waals surface area contributed by atoms with Crippen molar-refractivity contribution >= 4 is 6.41 Å². The van der Waals surface area contributed by atoms with Gasteiger partial charge in [-0.3, -0.25) is 4.79 Å². The fourth-order valence-corrected chi connectivity index (χ4v) is 3.29. The lowest BCUT2D eigenvalue weighted by atomic mass is 9.97. The van der Waals surface area contributed by atoms with Gasteiger partial charge in [-0.15, -0.1) is 0 Å². The Morgan fingerprint density at radius 1 is 1.00 bits per heavy atom. The van der Waals surface area contributed by atoms with Crippen molar-refractivity contribution in [3.8, 4) is 28.5 Å². The fourth-order valence-electron chi connectivity index (χ4n) is 3.29. The number of rotatable bonds is 9. The topological polar surface area (TPSA) is 116 Å². The van der Waals surface area contributed by atoms with Gasteiger partial charge in [0.1, 0.15) is 22.9 Å².